The third-order valence-corrected chi connectivity index (χ3v) is 6.54. The zero-order valence-electron chi connectivity index (χ0n) is 18.3. The van der Waals surface area contributed by atoms with Gasteiger partial charge in [-0.05, 0) is 42.8 Å². The Kier molecular flexibility index (Phi) is 7.26. The number of anilines is 1. The highest BCUT2D eigenvalue weighted by atomic mass is 32.2. The number of rotatable bonds is 10. The summed E-state index contributed by atoms with van der Waals surface area (Å²) in [6.07, 6.45) is 1.76. The molecule has 1 amide bonds. The van der Waals surface area contributed by atoms with E-state index in [9.17, 15) is 4.79 Å². The lowest BCUT2D eigenvalue weighted by Gasteiger charge is -2.09. The van der Waals surface area contributed by atoms with E-state index >= 15 is 0 Å². The van der Waals surface area contributed by atoms with Gasteiger partial charge in [-0.15, -0.1) is 16.8 Å². The van der Waals surface area contributed by atoms with Gasteiger partial charge in [0.25, 0.3) is 0 Å². The molecule has 0 bridgehead atoms. The van der Waals surface area contributed by atoms with Crippen molar-refractivity contribution in [2.45, 2.75) is 25.2 Å². The summed E-state index contributed by atoms with van der Waals surface area (Å²) in [5.41, 5.74) is 1.93. The number of ether oxygens (including phenoxy) is 2. The Bertz CT molecular complexity index is 1280. The van der Waals surface area contributed by atoms with Crippen LogP contribution in [-0.2, 0) is 17.9 Å². The van der Waals surface area contributed by atoms with Crippen molar-refractivity contribution in [3.05, 3.63) is 66.5 Å². The Morgan fingerprint density at radius 3 is 2.91 bits per heavy atom. The number of allylic oxidation sites excluding steroid dienone is 1. The number of carbonyl (C=O) groups excluding carboxylic acids is 1. The second kappa shape index (κ2) is 10.5. The molecule has 170 valence electrons. The lowest BCUT2D eigenvalue weighted by atomic mass is 10.2. The fraction of sp³-hybridized carbons (Fsp3) is 0.217. The van der Waals surface area contributed by atoms with E-state index in [1.807, 2.05) is 54.0 Å². The van der Waals surface area contributed by atoms with Crippen LogP contribution >= 0.6 is 23.1 Å². The summed E-state index contributed by atoms with van der Waals surface area (Å²) in [5.74, 6) is 2.19. The van der Waals surface area contributed by atoms with Crippen LogP contribution < -0.4 is 14.8 Å². The van der Waals surface area contributed by atoms with E-state index in [2.05, 4.69) is 27.1 Å². The molecule has 2 heterocycles. The molecule has 1 N–H and O–H groups in total. The Hall–Kier alpha value is -3.37. The van der Waals surface area contributed by atoms with Gasteiger partial charge in [0, 0.05) is 6.54 Å². The van der Waals surface area contributed by atoms with Crippen LogP contribution in [0.5, 0.6) is 11.5 Å². The molecule has 0 aliphatic carbocycles. The summed E-state index contributed by atoms with van der Waals surface area (Å²) in [7, 11) is 1.62. The molecule has 4 aromatic rings. The monoisotopic (exact) mass is 481 g/mol. The average molecular weight is 482 g/mol. The molecule has 0 saturated carbocycles. The Balaban J connectivity index is 1.38. The first-order valence-corrected chi connectivity index (χ1v) is 12.0. The number of nitrogens with one attached hydrogen (secondary N) is 1. The van der Waals surface area contributed by atoms with Crippen LogP contribution in [0, 0.1) is 6.92 Å². The molecule has 0 aliphatic rings. The molecule has 8 nitrogen and oxygen atoms in total. The number of aryl methyl sites for hydroxylation is 1. The van der Waals surface area contributed by atoms with Crippen LogP contribution in [0.1, 0.15) is 11.4 Å². The van der Waals surface area contributed by atoms with Gasteiger partial charge in [-0.3, -0.25) is 9.36 Å². The highest BCUT2D eigenvalue weighted by Crippen LogP contribution is 2.29. The van der Waals surface area contributed by atoms with E-state index in [-0.39, 0.29) is 18.3 Å². The van der Waals surface area contributed by atoms with E-state index in [1.54, 1.807) is 13.2 Å². The topological polar surface area (TPSA) is 91.2 Å². The summed E-state index contributed by atoms with van der Waals surface area (Å²) < 4.78 is 13.9. The first-order chi connectivity index (χ1) is 16.1. The SMILES string of the molecule is C=CCn1c(COc2cccc(C)c2)nnc1SCC(=O)Nc1nc2ccc(OC)cc2s1. The third-order valence-electron chi connectivity index (χ3n) is 4.64. The predicted octanol–water partition coefficient (Wildman–Crippen LogP) is 4.70. The molecule has 0 saturated heterocycles. The fourth-order valence-corrected chi connectivity index (χ4v) is 4.75. The van der Waals surface area contributed by atoms with E-state index in [4.69, 9.17) is 9.47 Å². The molecule has 0 aliphatic heterocycles. The number of aromatic nitrogens is 4. The predicted molar refractivity (Wildman–Crippen MR) is 131 cm³/mol. The van der Waals surface area contributed by atoms with E-state index in [1.165, 1.54) is 23.1 Å². The molecule has 0 unspecified atom stereocenters. The van der Waals surface area contributed by atoms with Gasteiger partial charge in [0.15, 0.2) is 16.1 Å². The molecule has 33 heavy (non-hydrogen) atoms. The van der Waals surface area contributed by atoms with Crippen molar-refractivity contribution in [3.8, 4) is 11.5 Å². The summed E-state index contributed by atoms with van der Waals surface area (Å²) in [4.78, 5) is 17.0. The van der Waals surface area contributed by atoms with Gasteiger partial charge in [-0.1, -0.05) is 41.3 Å². The van der Waals surface area contributed by atoms with Crippen molar-refractivity contribution in [1.82, 2.24) is 19.7 Å². The third kappa shape index (κ3) is 5.71. The van der Waals surface area contributed by atoms with Crippen LogP contribution in [0.3, 0.4) is 0 Å². The van der Waals surface area contributed by atoms with Crippen LogP contribution in [0.25, 0.3) is 10.2 Å². The molecular weight excluding hydrogens is 458 g/mol. The molecule has 2 aromatic carbocycles. The first-order valence-electron chi connectivity index (χ1n) is 10.2. The molecule has 0 fully saturated rings. The summed E-state index contributed by atoms with van der Waals surface area (Å²) in [5, 5.41) is 12.5. The average Bonchev–Trinajstić information content (AvgIpc) is 3.39. The van der Waals surface area contributed by atoms with E-state index < -0.39 is 0 Å². The van der Waals surface area contributed by atoms with Gasteiger partial charge in [-0.2, -0.15) is 0 Å². The molecule has 0 radical (unpaired) electrons. The maximum absolute atomic E-state index is 12.5. The standard InChI is InChI=1S/C23H23N5O3S2/c1-4-10-28-20(13-31-17-7-5-6-15(2)11-17)26-27-23(28)32-14-21(29)25-22-24-18-9-8-16(30-3)12-19(18)33-22/h4-9,11-12H,1,10,13-14H2,2-3H3,(H,24,25,29). The van der Waals surface area contributed by atoms with Crippen LogP contribution in [0.2, 0.25) is 0 Å². The Morgan fingerprint density at radius 1 is 1.24 bits per heavy atom. The normalized spacial score (nSPS) is 10.8. The van der Waals surface area contributed by atoms with Crippen molar-refractivity contribution in [3.63, 3.8) is 0 Å². The number of carbonyl (C=O) groups is 1. The summed E-state index contributed by atoms with van der Waals surface area (Å²) in [6.45, 7) is 6.61. The number of thiazole rings is 1. The number of fused-ring (bicyclic) bond motifs is 1. The zero-order chi connectivity index (χ0) is 23.2. The van der Waals surface area contributed by atoms with E-state index in [0.29, 0.717) is 22.7 Å². The van der Waals surface area contributed by atoms with Gasteiger partial charge in [0.2, 0.25) is 5.91 Å². The number of nitrogens with zero attached hydrogens (tertiary/aromatic N) is 4. The minimum Gasteiger partial charge on any atom is -0.497 e. The van der Waals surface area contributed by atoms with Gasteiger partial charge >= 0.3 is 0 Å². The summed E-state index contributed by atoms with van der Waals surface area (Å²) >= 11 is 2.71. The molecular formula is C23H23N5O3S2. The largest absolute Gasteiger partial charge is 0.497 e. The van der Waals surface area contributed by atoms with Gasteiger partial charge < -0.3 is 14.8 Å². The molecule has 10 heteroatoms. The van der Waals surface area contributed by atoms with Crippen molar-refractivity contribution in [2.75, 3.05) is 18.2 Å². The lowest BCUT2D eigenvalue weighted by Crippen LogP contribution is -2.14. The summed E-state index contributed by atoms with van der Waals surface area (Å²) in [6, 6.07) is 13.4. The van der Waals surface area contributed by atoms with Crippen molar-refractivity contribution >= 4 is 44.4 Å². The van der Waals surface area contributed by atoms with Gasteiger partial charge in [0.05, 0.1) is 23.1 Å². The van der Waals surface area contributed by atoms with Crippen molar-refractivity contribution in [2.24, 2.45) is 0 Å². The van der Waals surface area contributed by atoms with Gasteiger partial charge in [0.1, 0.15) is 18.1 Å². The number of hydrogen-bond acceptors (Lipinski definition) is 8. The maximum Gasteiger partial charge on any atom is 0.236 e. The second-order valence-electron chi connectivity index (χ2n) is 7.09. The number of thioether (sulfide) groups is 1. The fourth-order valence-electron chi connectivity index (χ4n) is 3.07. The maximum atomic E-state index is 12.5. The minimum atomic E-state index is -0.170. The Labute approximate surface area is 199 Å². The zero-order valence-corrected chi connectivity index (χ0v) is 19.9. The molecule has 4 rings (SSSR count). The number of benzene rings is 2. The Morgan fingerprint density at radius 2 is 2.12 bits per heavy atom. The second-order valence-corrected chi connectivity index (χ2v) is 9.07. The smallest absolute Gasteiger partial charge is 0.236 e. The van der Waals surface area contributed by atoms with Crippen LogP contribution in [-0.4, -0.2) is 38.5 Å². The van der Waals surface area contributed by atoms with Crippen LogP contribution in [0.4, 0.5) is 5.13 Å². The lowest BCUT2D eigenvalue weighted by molar-refractivity contribution is -0.113. The van der Waals surface area contributed by atoms with E-state index in [0.717, 1.165) is 27.3 Å². The molecule has 2 aromatic heterocycles. The minimum absolute atomic E-state index is 0.170. The number of methoxy groups -OCH3 is 1. The molecule has 0 spiro atoms. The van der Waals surface area contributed by atoms with Gasteiger partial charge in [-0.25, -0.2) is 4.98 Å². The first kappa shape index (κ1) is 22.8. The quantitative estimate of drug-likeness (QED) is 0.259. The van der Waals surface area contributed by atoms with Crippen molar-refractivity contribution in [1.29, 1.82) is 0 Å². The molecule has 0 atom stereocenters. The van der Waals surface area contributed by atoms with Crippen LogP contribution in [0.15, 0.2) is 60.3 Å². The highest BCUT2D eigenvalue weighted by molar-refractivity contribution is 7.99. The number of amides is 1. The number of hydrogen-bond donors (Lipinski definition) is 1. The highest BCUT2D eigenvalue weighted by Gasteiger charge is 2.15. The van der Waals surface area contributed by atoms with Crippen molar-refractivity contribution < 1.29 is 14.3 Å².